The molecule has 7 nitrogen and oxygen atoms in total. The molecule has 0 saturated carbocycles. The zero-order valence-electron chi connectivity index (χ0n) is 23.7. The molecule has 2 aromatic rings. The van der Waals surface area contributed by atoms with Gasteiger partial charge in [-0.25, -0.2) is 4.98 Å². The predicted molar refractivity (Wildman–Crippen MR) is 157 cm³/mol. The van der Waals surface area contributed by atoms with E-state index in [1.165, 1.54) is 64.7 Å². The highest BCUT2D eigenvalue weighted by atomic mass is 35.5. The van der Waals surface area contributed by atoms with Crippen LogP contribution in [0.4, 0.5) is 0 Å². The lowest BCUT2D eigenvalue weighted by Gasteiger charge is -2.35. The van der Waals surface area contributed by atoms with Crippen LogP contribution in [0.2, 0.25) is 5.02 Å². The van der Waals surface area contributed by atoms with Gasteiger partial charge in [-0.2, -0.15) is 0 Å². The molecule has 3 fully saturated rings. The van der Waals surface area contributed by atoms with Crippen LogP contribution in [0.25, 0.3) is 11.5 Å². The van der Waals surface area contributed by atoms with Crippen LogP contribution in [0.15, 0.2) is 28.7 Å². The highest BCUT2D eigenvalue weighted by Gasteiger charge is 2.27. The van der Waals surface area contributed by atoms with Crippen LogP contribution in [0.3, 0.4) is 0 Å². The maximum absolute atomic E-state index is 13.2. The first-order valence-corrected chi connectivity index (χ1v) is 15.6. The van der Waals surface area contributed by atoms with E-state index in [1.54, 1.807) is 0 Å². The van der Waals surface area contributed by atoms with Crippen molar-refractivity contribution in [2.24, 2.45) is 11.8 Å². The Kier molecular flexibility index (Phi) is 10.3. The van der Waals surface area contributed by atoms with Gasteiger partial charge in [-0.3, -0.25) is 9.69 Å². The fraction of sp³-hybridized carbons (Fsp3) is 0.677. The third kappa shape index (κ3) is 8.29. The summed E-state index contributed by atoms with van der Waals surface area (Å²) in [5, 5.41) is 4.09. The lowest BCUT2D eigenvalue weighted by molar-refractivity contribution is -0.126. The fourth-order valence-corrected chi connectivity index (χ4v) is 6.57. The van der Waals surface area contributed by atoms with Gasteiger partial charge in [-0.15, -0.1) is 0 Å². The van der Waals surface area contributed by atoms with Crippen molar-refractivity contribution in [3.05, 3.63) is 40.7 Å². The number of amides is 1. The fourth-order valence-electron chi connectivity index (χ4n) is 6.45. The number of oxazole rings is 1. The molecule has 3 aliphatic rings. The van der Waals surface area contributed by atoms with Gasteiger partial charge in [0.15, 0.2) is 0 Å². The minimum absolute atomic E-state index is 0.106. The van der Waals surface area contributed by atoms with Crippen molar-refractivity contribution in [3.63, 3.8) is 0 Å². The second-order valence-corrected chi connectivity index (χ2v) is 12.3. The molecule has 0 aliphatic carbocycles. The van der Waals surface area contributed by atoms with Gasteiger partial charge in [0.2, 0.25) is 11.8 Å². The molecule has 39 heavy (non-hydrogen) atoms. The molecule has 0 bridgehead atoms. The van der Waals surface area contributed by atoms with Crippen molar-refractivity contribution in [1.29, 1.82) is 0 Å². The number of hydrogen-bond acceptors (Lipinski definition) is 6. The Morgan fingerprint density at radius 1 is 0.923 bits per heavy atom. The maximum atomic E-state index is 13.2. The highest BCUT2D eigenvalue weighted by Crippen LogP contribution is 2.26. The van der Waals surface area contributed by atoms with Gasteiger partial charge in [0, 0.05) is 48.6 Å². The summed E-state index contributed by atoms with van der Waals surface area (Å²) < 4.78 is 5.95. The van der Waals surface area contributed by atoms with Gasteiger partial charge in [0.05, 0.1) is 5.69 Å². The number of aryl methyl sites for hydroxylation is 1. The van der Waals surface area contributed by atoms with Crippen molar-refractivity contribution >= 4 is 17.5 Å². The monoisotopic (exact) mass is 555 g/mol. The van der Waals surface area contributed by atoms with Crippen LogP contribution >= 0.6 is 11.6 Å². The van der Waals surface area contributed by atoms with Crippen molar-refractivity contribution in [2.75, 3.05) is 58.9 Å². The molecule has 3 saturated heterocycles. The summed E-state index contributed by atoms with van der Waals surface area (Å²) in [6.07, 6.45) is 9.79. The number of aromatic nitrogens is 1. The number of nitrogens with zero attached hydrogens (tertiary/aromatic N) is 4. The molecule has 0 unspecified atom stereocenters. The summed E-state index contributed by atoms with van der Waals surface area (Å²) >= 11 is 6.02. The van der Waals surface area contributed by atoms with E-state index in [0.717, 1.165) is 69.1 Å². The van der Waals surface area contributed by atoms with Crippen molar-refractivity contribution in [1.82, 2.24) is 25.0 Å². The van der Waals surface area contributed by atoms with Crippen LogP contribution in [0.1, 0.15) is 62.8 Å². The number of carbonyl (C=O) groups is 1. The SMILES string of the molecule is Cc1oc(-c2ccc(Cl)cc2)nc1CN1CCC(C(=O)NCC(CN2CCCCC2)CN2CCCCC2)CC1. The third-order valence-corrected chi connectivity index (χ3v) is 9.06. The van der Waals surface area contributed by atoms with Crippen LogP contribution in [0.5, 0.6) is 0 Å². The molecule has 0 spiro atoms. The predicted octanol–water partition coefficient (Wildman–Crippen LogP) is 5.22. The van der Waals surface area contributed by atoms with Crippen LogP contribution in [-0.2, 0) is 11.3 Å². The van der Waals surface area contributed by atoms with Crippen LogP contribution in [0, 0.1) is 18.8 Å². The number of benzene rings is 1. The lowest BCUT2D eigenvalue weighted by Crippen LogP contribution is -2.47. The summed E-state index contributed by atoms with van der Waals surface area (Å²) in [5.74, 6) is 2.36. The summed E-state index contributed by atoms with van der Waals surface area (Å²) in [7, 11) is 0. The van der Waals surface area contributed by atoms with E-state index in [-0.39, 0.29) is 11.8 Å². The Bertz CT molecular complexity index is 1020. The Morgan fingerprint density at radius 2 is 1.51 bits per heavy atom. The largest absolute Gasteiger partial charge is 0.441 e. The average Bonchev–Trinajstić information content (AvgIpc) is 3.33. The first-order chi connectivity index (χ1) is 19.0. The quantitative estimate of drug-likeness (QED) is 0.433. The van der Waals surface area contributed by atoms with Gasteiger partial charge in [0.25, 0.3) is 0 Å². The molecule has 1 aromatic heterocycles. The molecule has 1 aromatic carbocycles. The normalized spacial score (nSPS) is 20.5. The standard InChI is InChI=1S/C31H46ClN5O2/c1-24-29(34-31(39-24)27-8-10-28(32)11-9-27)23-37-18-12-26(13-19-37)30(38)33-20-25(21-35-14-4-2-5-15-35)22-36-16-6-3-7-17-36/h8-11,25-26H,2-7,12-23H2,1H3,(H,33,38). The summed E-state index contributed by atoms with van der Waals surface area (Å²) in [5.41, 5.74) is 1.91. The zero-order chi connectivity index (χ0) is 27.0. The molecule has 3 aliphatic heterocycles. The van der Waals surface area contributed by atoms with Crippen LogP contribution < -0.4 is 5.32 Å². The topological polar surface area (TPSA) is 64.9 Å². The number of rotatable bonds is 10. The molecular weight excluding hydrogens is 510 g/mol. The van der Waals surface area contributed by atoms with E-state index in [2.05, 4.69) is 20.0 Å². The molecule has 0 radical (unpaired) electrons. The van der Waals surface area contributed by atoms with E-state index >= 15 is 0 Å². The molecule has 1 amide bonds. The van der Waals surface area contributed by atoms with Gasteiger partial charge in [-0.1, -0.05) is 24.4 Å². The Morgan fingerprint density at radius 3 is 2.10 bits per heavy atom. The Balaban J connectivity index is 1.09. The molecule has 5 rings (SSSR count). The van der Waals surface area contributed by atoms with E-state index in [4.69, 9.17) is 21.0 Å². The molecule has 214 valence electrons. The number of nitrogens with one attached hydrogen (secondary N) is 1. The highest BCUT2D eigenvalue weighted by molar-refractivity contribution is 6.30. The third-order valence-electron chi connectivity index (χ3n) is 8.81. The zero-order valence-corrected chi connectivity index (χ0v) is 24.4. The second-order valence-electron chi connectivity index (χ2n) is 11.9. The van der Waals surface area contributed by atoms with Gasteiger partial charge < -0.3 is 19.5 Å². The number of piperidine rings is 3. The van der Waals surface area contributed by atoms with E-state index < -0.39 is 0 Å². The lowest BCUT2D eigenvalue weighted by atomic mass is 9.95. The molecule has 4 heterocycles. The van der Waals surface area contributed by atoms with Crippen molar-refractivity contribution in [2.45, 2.75) is 64.8 Å². The van der Waals surface area contributed by atoms with Crippen molar-refractivity contribution < 1.29 is 9.21 Å². The first kappa shape index (κ1) is 28.6. The van der Waals surface area contributed by atoms with Crippen molar-refractivity contribution in [3.8, 4) is 11.5 Å². The first-order valence-electron chi connectivity index (χ1n) is 15.2. The second kappa shape index (κ2) is 14.1. The number of likely N-dealkylation sites (tertiary alicyclic amines) is 3. The van der Waals surface area contributed by atoms with Crippen LogP contribution in [-0.4, -0.2) is 84.5 Å². The summed E-state index contributed by atoms with van der Waals surface area (Å²) in [6.45, 7) is 12.5. The van der Waals surface area contributed by atoms with E-state index in [0.29, 0.717) is 16.8 Å². The van der Waals surface area contributed by atoms with Gasteiger partial charge in [-0.05, 0) is 109 Å². The minimum atomic E-state index is 0.106. The number of hydrogen-bond donors (Lipinski definition) is 1. The Labute approximate surface area is 239 Å². The van der Waals surface area contributed by atoms with E-state index in [1.807, 2.05) is 31.2 Å². The average molecular weight is 556 g/mol. The molecule has 0 atom stereocenters. The summed E-state index contributed by atoms with van der Waals surface area (Å²) in [6, 6.07) is 7.58. The van der Waals surface area contributed by atoms with E-state index in [9.17, 15) is 4.79 Å². The molecule has 8 heteroatoms. The van der Waals surface area contributed by atoms with Gasteiger partial charge in [0.1, 0.15) is 5.76 Å². The Hall–Kier alpha value is -1.93. The van der Waals surface area contributed by atoms with Gasteiger partial charge >= 0.3 is 0 Å². The molecule has 1 N–H and O–H groups in total. The number of carbonyl (C=O) groups excluding carboxylic acids is 1. The molecular formula is C31H46ClN5O2. The number of halogens is 1. The summed E-state index contributed by atoms with van der Waals surface area (Å²) in [4.78, 5) is 25.6. The minimum Gasteiger partial charge on any atom is -0.441 e. The maximum Gasteiger partial charge on any atom is 0.226 e. The smallest absolute Gasteiger partial charge is 0.226 e.